The highest BCUT2D eigenvalue weighted by Gasteiger charge is 2.30. The number of urea groups is 1. The Morgan fingerprint density at radius 2 is 1.84 bits per heavy atom. The van der Waals surface area contributed by atoms with Crippen molar-refractivity contribution in [1.82, 2.24) is 10.3 Å². The average Bonchev–Trinajstić information content (AvgIpc) is 2.94. The van der Waals surface area contributed by atoms with E-state index in [2.05, 4.69) is 32.4 Å². The molecule has 1 aromatic heterocycles. The number of rotatable bonds is 8. The molecule has 188 valence electrons. The molecule has 0 aliphatic heterocycles. The van der Waals surface area contributed by atoms with E-state index in [-0.39, 0.29) is 24.0 Å². The fraction of sp³-hybridized carbons (Fsp3) is 0.241. The molecule has 1 heterocycles. The molecule has 3 aromatic rings. The number of nitrogens with zero attached hydrogens (tertiary/aromatic N) is 3. The van der Waals surface area contributed by atoms with Crippen LogP contribution in [0, 0.1) is 6.57 Å². The first-order chi connectivity index (χ1) is 18.1. The summed E-state index contributed by atoms with van der Waals surface area (Å²) in [6.45, 7) is 11.0. The van der Waals surface area contributed by atoms with Gasteiger partial charge in [0.1, 0.15) is 5.82 Å². The van der Waals surface area contributed by atoms with Crippen LogP contribution in [-0.4, -0.2) is 29.0 Å². The Kier molecular flexibility index (Phi) is 8.50. The van der Waals surface area contributed by atoms with Gasteiger partial charge in [-0.25, -0.2) is 9.64 Å². The number of hydrogen-bond donors (Lipinski definition) is 3. The summed E-state index contributed by atoms with van der Waals surface area (Å²) in [5.74, 6) is 0.445. The van der Waals surface area contributed by atoms with E-state index in [4.69, 9.17) is 6.57 Å². The second-order valence-corrected chi connectivity index (χ2v) is 8.92. The van der Waals surface area contributed by atoms with Gasteiger partial charge in [0.15, 0.2) is 0 Å². The summed E-state index contributed by atoms with van der Waals surface area (Å²) in [5, 5.41) is 9.29. The summed E-state index contributed by atoms with van der Waals surface area (Å²) >= 11 is 0. The number of hydrogen-bond acceptors (Lipinski definition) is 4. The molecule has 0 bridgehead atoms. The second kappa shape index (κ2) is 12.4. The van der Waals surface area contributed by atoms with Gasteiger partial charge in [-0.2, -0.15) is 0 Å². The van der Waals surface area contributed by atoms with E-state index in [9.17, 15) is 9.59 Å². The number of carbonyl (C=O) groups is 2. The number of anilines is 3. The molecule has 8 heteroatoms. The zero-order valence-corrected chi connectivity index (χ0v) is 20.6. The molecule has 3 N–H and O–H groups in total. The van der Waals surface area contributed by atoms with Crippen molar-refractivity contribution in [3.63, 3.8) is 0 Å². The van der Waals surface area contributed by atoms with Crippen LogP contribution in [-0.2, 0) is 11.3 Å². The molecule has 1 fully saturated rings. The Bertz CT molecular complexity index is 1260. The van der Waals surface area contributed by atoms with Crippen LogP contribution in [0.25, 0.3) is 4.85 Å². The quantitative estimate of drug-likeness (QED) is 0.269. The highest BCUT2D eigenvalue weighted by atomic mass is 16.2. The minimum atomic E-state index is -0.304. The third-order valence-electron chi connectivity index (χ3n) is 6.37. The minimum Gasteiger partial charge on any atom is -0.367 e. The third kappa shape index (κ3) is 6.95. The van der Waals surface area contributed by atoms with Crippen LogP contribution in [0.2, 0.25) is 0 Å². The Morgan fingerprint density at radius 1 is 1.05 bits per heavy atom. The highest BCUT2D eigenvalue weighted by Crippen LogP contribution is 2.31. The van der Waals surface area contributed by atoms with Gasteiger partial charge < -0.3 is 16.0 Å². The SMILES string of the molecule is [C-]#[N+]c1ccc(NC2CCC(N(C(=O)NCc3ccccc3)c3cccc(NC(=O)C=C)c3)CC2)nc1. The molecule has 0 atom stereocenters. The van der Waals surface area contributed by atoms with Gasteiger partial charge in [0.05, 0.1) is 6.57 Å². The number of pyridine rings is 1. The van der Waals surface area contributed by atoms with Gasteiger partial charge in [-0.05, 0) is 61.6 Å². The number of amides is 3. The van der Waals surface area contributed by atoms with E-state index in [1.54, 1.807) is 18.3 Å². The van der Waals surface area contributed by atoms with Gasteiger partial charge in [0.25, 0.3) is 0 Å². The molecule has 0 radical (unpaired) electrons. The fourth-order valence-corrected chi connectivity index (χ4v) is 4.50. The van der Waals surface area contributed by atoms with Crippen LogP contribution in [0.1, 0.15) is 31.2 Å². The second-order valence-electron chi connectivity index (χ2n) is 8.92. The standard InChI is InChI=1S/C29H30N6O2/c1-3-28(36)34-23-10-7-11-26(18-23)35(29(37)32-19-21-8-5-4-6-9-21)25-15-12-22(13-16-25)33-27-17-14-24(30-2)20-31-27/h3-11,14,17-18,20,22,25H,1,12-13,15-16,19H2,(H,31,33)(H,32,37)(H,34,36). The smallest absolute Gasteiger partial charge is 0.322 e. The van der Waals surface area contributed by atoms with Gasteiger partial charge in [-0.1, -0.05) is 49.0 Å². The fourth-order valence-electron chi connectivity index (χ4n) is 4.50. The number of nitrogens with one attached hydrogen (secondary N) is 3. The highest BCUT2D eigenvalue weighted by molar-refractivity contribution is 6.00. The van der Waals surface area contributed by atoms with E-state index in [0.29, 0.717) is 17.9 Å². The Hall–Kier alpha value is -4.64. The molecule has 37 heavy (non-hydrogen) atoms. The van der Waals surface area contributed by atoms with E-state index in [0.717, 1.165) is 42.8 Å². The Balaban J connectivity index is 1.47. The number of aromatic nitrogens is 1. The zero-order chi connectivity index (χ0) is 26.0. The van der Waals surface area contributed by atoms with Crippen LogP contribution in [0.3, 0.4) is 0 Å². The van der Waals surface area contributed by atoms with E-state index in [1.807, 2.05) is 59.5 Å². The van der Waals surface area contributed by atoms with Crippen LogP contribution >= 0.6 is 0 Å². The summed E-state index contributed by atoms with van der Waals surface area (Å²) in [6.07, 6.45) is 6.13. The topological polar surface area (TPSA) is 90.7 Å². The maximum atomic E-state index is 13.5. The van der Waals surface area contributed by atoms with Crippen molar-refractivity contribution < 1.29 is 9.59 Å². The Labute approximate surface area is 217 Å². The van der Waals surface area contributed by atoms with Crippen LogP contribution in [0.15, 0.2) is 85.6 Å². The normalized spacial score (nSPS) is 16.6. The molecule has 2 aromatic carbocycles. The van der Waals surface area contributed by atoms with Gasteiger partial charge in [0, 0.05) is 36.2 Å². The summed E-state index contributed by atoms with van der Waals surface area (Å²) in [6, 6.07) is 20.8. The molecule has 0 saturated heterocycles. The lowest BCUT2D eigenvalue weighted by Crippen LogP contribution is -2.48. The van der Waals surface area contributed by atoms with Gasteiger partial charge >= 0.3 is 6.03 Å². The van der Waals surface area contributed by atoms with E-state index in [1.165, 1.54) is 6.08 Å². The third-order valence-corrected chi connectivity index (χ3v) is 6.37. The van der Waals surface area contributed by atoms with Crippen molar-refractivity contribution in [1.29, 1.82) is 0 Å². The van der Waals surface area contributed by atoms with Crippen LogP contribution < -0.4 is 20.9 Å². The first-order valence-corrected chi connectivity index (χ1v) is 12.3. The van der Waals surface area contributed by atoms with Crippen molar-refractivity contribution in [3.8, 4) is 0 Å². The molecular formula is C29H30N6O2. The molecular weight excluding hydrogens is 464 g/mol. The summed E-state index contributed by atoms with van der Waals surface area (Å²) < 4.78 is 0. The average molecular weight is 495 g/mol. The molecule has 4 rings (SSSR count). The Morgan fingerprint density at radius 3 is 2.51 bits per heavy atom. The molecule has 0 unspecified atom stereocenters. The first-order valence-electron chi connectivity index (χ1n) is 12.3. The van der Waals surface area contributed by atoms with Crippen molar-refractivity contribution in [2.75, 3.05) is 15.5 Å². The van der Waals surface area contributed by atoms with Crippen LogP contribution in [0.5, 0.6) is 0 Å². The summed E-state index contributed by atoms with van der Waals surface area (Å²) in [7, 11) is 0. The molecule has 1 aliphatic carbocycles. The summed E-state index contributed by atoms with van der Waals surface area (Å²) in [5.41, 5.74) is 2.86. The molecule has 3 amide bonds. The van der Waals surface area contributed by atoms with E-state index < -0.39 is 0 Å². The van der Waals surface area contributed by atoms with Gasteiger partial charge in [-0.15, -0.1) is 0 Å². The monoisotopic (exact) mass is 494 g/mol. The maximum Gasteiger partial charge on any atom is 0.322 e. The minimum absolute atomic E-state index is 0.00312. The zero-order valence-electron chi connectivity index (χ0n) is 20.6. The lowest BCUT2D eigenvalue weighted by molar-refractivity contribution is -0.111. The number of carbonyl (C=O) groups excluding carboxylic acids is 2. The van der Waals surface area contributed by atoms with Crippen molar-refractivity contribution >= 4 is 34.8 Å². The largest absolute Gasteiger partial charge is 0.367 e. The van der Waals surface area contributed by atoms with Crippen molar-refractivity contribution in [2.45, 2.75) is 44.3 Å². The molecule has 1 aliphatic rings. The van der Waals surface area contributed by atoms with Crippen LogP contribution in [0.4, 0.5) is 27.7 Å². The lowest BCUT2D eigenvalue weighted by atomic mass is 9.90. The van der Waals surface area contributed by atoms with E-state index >= 15 is 0 Å². The molecule has 0 spiro atoms. The van der Waals surface area contributed by atoms with Gasteiger partial charge in [-0.3, -0.25) is 14.7 Å². The predicted octanol–water partition coefficient (Wildman–Crippen LogP) is 5.90. The maximum absolute atomic E-state index is 13.5. The lowest BCUT2D eigenvalue weighted by Gasteiger charge is -2.37. The summed E-state index contributed by atoms with van der Waals surface area (Å²) in [4.78, 5) is 34.9. The van der Waals surface area contributed by atoms with Crippen molar-refractivity contribution in [3.05, 3.63) is 103 Å². The predicted molar refractivity (Wildman–Crippen MR) is 147 cm³/mol. The molecule has 1 saturated carbocycles. The van der Waals surface area contributed by atoms with Crippen molar-refractivity contribution in [2.24, 2.45) is 0 Å². The molecule has 8 nitrogen and oxygen atoms in total. The first kappa shape index (κ1) is 25.5. The number of benzene rings is 2. The van der Waals surface area contributed by atoms with Gasteiger partial charge in [0.2, 0.25) is 11.6 Å².